The van der Waals surface area contributed by atoms with Crippen molar-refractivity contribution in [1.82, 2.24) is 0 Å². The molecule has 12 aromatic rings. The van der Waals surface area contributed by atoms with Gasteiger partial charge >= 0.3 is 0 Å². The van der Waals surface area contributed by atoms with E-state index in [0.717, 1.165) is 25.7 Å². The topological polar surface area (TPSA) is 15.5 Å². The first-order chi connectivity index (χ1) is 57.5. The summed E-state index contributed by atoms with van der Waals surface area (Å²) in [5.41, 5.74) is 35.9. The van der Waals surface area contributed by atoms with Crippen molar-refractivity contribution in [2.75, 3.05) is 0 Å². The minimum Gasteiger partial charge on any atom is -0.200 e. The number of hydrogen-bond donors (Lipinski definition) is 0. The maximum Gasteiger partial charge on any atom is 0.220 e. The summed E-state index contributed by atoms with van der Waals surface area (Å²) < 4.78 is 9.23. The number of aromatic nitrogens is 4. The lowest BCUT2D eigenvalue weighted by Crippen LogP contribution is -2.58. The van der Waals surface area contributed by atoms with E-state index < -0.39 is 32.3 Å². The SMILES string of the molecule is CCc1cc(-c2c3ccc([Si](C(C)C)(C(C)C)C(C)C)cc3cc[n+]2C)c(C)c(C)c1C.CCc1cc(-c2c3ccc([Si](C)(C(C)(C)C)C(C)(C)C)cc3cc[n+]2C)c(C)c(C)c1C.CCc1cc(-c2c3ccc([Si](C)(C)C(C)(C)C)cc3cc[n+]2C)c(C)c(C)c1C.CCc1cc(-c2c3ccc([Si](CC)(CC)C(C)(C)C)cc3cc[n+]2C)c(C)c(C)c1C. The summed E-state index contributed by atoms with van der Waals surface area (Å²) in [5.74, 6) is 0. The molecule has 4 nitrogen and oxygen atoms in total. The molecule has 4 aromatic heterocycles. The van der Waals surface area contributed by atoms with Gasteiger partial charge in [-0.3, -0.25) is 0 Å². The Hall–Kier alpha value is -7.73. The fourth-order valence-corrected chi connectivity index (χ4v) is 41.2. The lowest BCUT2D eigenvalue weighted by Gasteiger charge is -2.50. The van der Waals surface area contributed by atoms with Crippen LogP contribution in [0.15, 0.2) is 146 Å². The first-order valence-electron chi connectivity index (χ1n) is 47.7. The van der Waals surface area contributed by atoms with E-state index in [9.17, 15) is 0 Å². The van der Waals surface area contributed by atoms with Gasteiger partial charge in [-0.05, 0) is 305 Å². The molecule has 0 atom stereocenters. The molecular weight excluding hydrogens is 1560 g/mol. The van der Waals surface area contributed by atoms with E-state index in [-0.39, 0.29) is 10.1 Å². The fraction of sp³-hybridized carbons (Fsp3) is 0.483. The van der Waals surface area contributed by atoms with E-state index in [1.54, 1.807) is 20.7 Å². The summed E-state index contributed by atoms with van der Waals surface area (Å²) in [6, 6.07) is 51.0. The second-order valence-electron chi connectivity index (χ2n) is 43.5. The molecule has 0 aliphatic carbocycles. The van der Waals surface area contributed by atoms with Gasteiger partial charge in [-0.1, -0.05) is 267 Å². The predicted molar refractivity (Wildman–Crippen MR) is 561 cm³/mol. The van der Waals surface area contributed by atoms with Gasteiger partial charge in [0.25, 0.3) is 0 Å². The molecule has 0 spiro atoms. The Morgan fingerprint density at radius 2 is 0.500 bits per heavy atom. The maximum absolute atomic E-state index is 2.58. The Balaban J connectivity index is 0.000000187. The summed E-state index contributed by atoms with van der Waals surface area (Å²) in [6.45, 7) is 92.7. The van der Waals surface area contributed by atoms with Crippen LogP contribution in [0.2, 0.25) is 68.5 Å². The highest BCUT2D eigenvalue weighted by Gasteiger charge is 2.51. The molecule has 0 unspecified atom stereocenters. The van der Waals surface area contributed by atoms with Gasteiger partial charge in [0.2, 0.25) is 22.8 Å². The summed E-state index contributed by atoms with van der Waals surface area (Å²) in [7, 11) is 2.11. The van der Waals surface area contributed by atoms with Crippen LogP contribution < -0.4 is 39.0 Å². The van der Waals surface area contributed by atoms with Crippen molar-refractivity contribution in [2.45, 2.75) is 343 Å². The highest BCUT2D eigenvalue weighted by atomic mass is 28.3. The van der Waals surface area contributed by atoms with E-state index in [0.29, 0.717) is 26.7 Å². The van der Waals surface area contributed by atoms with Gasteiger partial charge in [-0.15, -0.1) is 0 Å². The van der Waals surface area contributed by atoms with Crippen LogP contribution >= 0.6 is 0 Å². The summed E-state index contributed by atoms with van der Waals surface area (Å²) in [4.78, 5) is 0. The molecule has 124 heavy (non-hydrogen) atoms. The van der Waals surface area contributed by atoms with Crippen molar-refractivity contribution >= 4 is 96.1 Å². The van der Waals surface area contributed by atoms with Gasteiger partial charge < -0.3 is 0 Å². The monoisotopic (exact) mass is 1730 g/mol. The molecule has 8 heteroatoms. The van der Waals surface area contributed by atoms with Crippen LogP contribution in [0.5, 0.6) is 0 Å². The molecule has 0 aliphatic heterocycles. The minimum atomic E-state index is -1.81. The van der Waals surface area contributed by atoms with Crippen LogP contribution in [0.3, 0.4) is 0 Å². The van der Waals surface area contributed by atoms with Gasteiger partial charge in [0.1, 0.15) is 28.2 Å². The molecule has 0 aliphatic rings. The van der Waals surface area contributed by atoms with Gasteiger partial charge in [0, 0.05) is 24.3 Å². The third kappa shape index (κ3) is 18.1. The Bertz CT molecular complexity index is 5780. The maximum atomic E-state index is 2.58. The number of nitrogens with zero attached hydrogens (tertiary/aromatic N) is 4. The lowest BCUT2D eigenvalue weighted by atomic mass is 9.90. The highest BCUT2D eigenvalue weighted by Crippen LogP contribution is 2.52. The number of rotatable bonds is 17. The predicted octanol–water partition coefficient (Wildman–Crippen LogP) is 29.3. The molecule has 0 N–H and O–H groups in total. The van der Waals surface area contributed by atoms with E-state index in [2.05, 4.69) is 461 Å². The number of hydrogen-bond acceptors (Lipinski definition) is 0. The molecule has 0 saturated carbocycles. The first kappa shape index (κ1) is 100. The van der Waals surface area contributed by atoms with E-state index in [1.165, 1.54) is 189 Å². The molecule has 664 valence electrons. The molecule has 0 radical (unpaired) electrons. The van der Waals surface area contributed by atoms with Crippen molar-refractivity contribution in [3.05, 3.63) is 235 Å². The van der Waals surface area contributed by atoms with Gasteiger partial charge in [0.15, 0.2) is 24.8 Å². The van der Waals surface area contributed by atoms with Crippen molar-refractivity contribution in [3.8, 4) is 45.0 Å². The summed E-state index contributed by atoms with van der Waals surface area (Å²) in [5, 5.41) is 18.5. The Morgan fingerprint density at radius 1 is 0.266 bits per heavy atom. The van der Waals surface area contributed by atoms with Crippen molar-refractivity contribution in [2.24, 2.45) is 28.2 Å². The molecule has 4 heterocycles. The summed E-state index contributed by atoms with van der Waals surface area (Å²) in [6.07, 6.45) is 13.3. The zero-order chi connectivity index (χ0) is 93.0. The molecule has 0 bridgehead atoms. The van der Waals surface area contributed by atoms with Crippen molar-refractivity contribution in [1.29, 1.82) is 0 Å². The molecule has 12 rings (SSSR count). The molecule has 0 saturated heterocycles. The van der Waals surface area contributed by atoms with Crippen LogP contribution in [-0.4, -0.2) is 32.3 Å². The zero-order valence-corrected chi connectivity index (χ0v) is 90.6. The number of aryl methyl sites for hydroxylation is 8. The highest BCUT2D eigenvalue weighted by molar-refractivity contribution is 6.96. The normalized spacial score (nSPS) is 12.7. The quantitative estimate of drug-likeness (QED) is 0.0638. The largest absolute Gasteiger partial charge is 0.220 e. The average molecular weight is 1730 g/mol. The zero-order valence-electron chi connectivity index (χ0n) is 86.6. The van der Waals surface area contributed by atoms with Crippen molar-refractivity contribution in [3.63, 3.8) is 0 Å². The lowest BCUT2D eigenvalue weighted by molar-refractivity contribution is -0.659. The second kappa shape index (κ2) is 37.9. The fourth-order valence-electron chi connectivity index (χ4n) is 22.6. The van der Waals surface area contributed by atoms with Crippen LogP contribution in [0.25, 0.3) is 88.1 Å². The van der Waals surface area contributed by atoms with Crippen LogP contribution in [0.4, 0.5) is 0 Å². The van der Waals surface area contributed by atoms with E-state index in [4.69, 9.17) is 0 Å². The van der Waals surface area contributed by atoms with Crippen LogP contribution in [0, 0.1) is 83.1 Å². The smallest absolute Gasteiger partial charge is 0.200 e. The standard InChI is InChI=1S/2C30H44NSi.C29H42NSi.C27H38NSi/c1-13-23-19-27(22(4)20(2)21(23)3)28-26-15-14-25(18-24(26)16-17-31(28)11)32(12,29(5,6)7)30(8,9)10;1-12-25-18-29(24(10)22(8)23(25)9)30-28-14-13-27(17-26(28)15-16-31(30)11)32(19(2)3,20(4)5)21(6)7;1-11-23-19-27(22(6)20(4)21(23)5)28-26-15-14-25(18-24(26)16-17-30(28)10)31(12-2,13-3)29(7,8)9;1-11-21-17-25(20(4)18(2)19(21)3)26-24-13-12-23(29(9,10)27(5,6)7)16-22(24)14-15-28(26)8/h14-19H,13H2,1-12H3;13-21H,12H2,1-11H3;14-19H,11-13H2,1-10H3;12-17H,11H2,1-10H3/q4*+1. The minimum absolute atomic E-state index is 0.280. The Morgan fingerprint density at radius 3 is 0.734 bits per heavy atom. The van der Waals surface area contributed by atoms with Gasteiger partial charge in [-0.2, -0.15) is 0 Å². The van der Waals surface area contributed by atoms with E-state index in [1.807, 2.05) is 0 Å². The number of fused-ring (bicyclic) bond motifs is 4. The van der Waals surface area contributed by atoms with Crippen LogP contribution in [0.1, 0.15) is 255 Å². The summed E-state index contributed by atoms with van der Waals surface area (Å²) >= 11 is 0. The average Bonchev–Trinajstić information content (AvgIpc) is 0.760. The molecular formula is C116H168N4Si4+4. The van der Waals surface area contributed by atoms with Crippen molar-refractivity contribution < 1.29 is 18.3 Å². The Kier molecular flexibility index (Phi) is 30.6. The van der Waals surface area contributed by atoms with Crippen LogP contribution in [-0.2, 0) is 53.9 Å². The van der Waals surface area contributed by atoms with Gasteiger partial charge in [-0.25, -0.2) is 18.3 Å². The molecule has 0 amide bonds. The third-order valence-corrected chi connectivity index (χ3v) is 59.9. The third-order valence-electron chi connectivity index (χ3n) is 33.1. The second-order valence-corrected chi connectivity index (χ2v) is 66.2. The van der Waals surface area contributed by atoms with Gasteiger partial charge in [0.05, 0.1) is 76.1 Å². The molecule has 8 aromatic carbocycles. The molecule has 0 fully saturated rings. The van der Waals surface area contributed by atoms with E-state index >= 15 is 0 Å². The Labute approximate surface area is 760 Å². The number of benzene rings is 8. The first-order valence-corrected chi connectivity index (χ1v) is 57.8. The number of pyridine rings is 4.